The van der Waals surface area contributed by atoms with Crippen LogP contribution in [-0.2, 0) is 0 Å². The molecule has 0 spiro atoms. The first-order valence-electron chi connectivity index (χ1n) is 8.30. The zero-order chi connectivity index (χ0) is 16.9. The SMILES string of the molecule is CC(c1ccc(F)cc1)c1nccnc1NCCN1CCC(F)C1. The Hall–Kier alpha value is -2.08. The molecule has 0 saturated carbocycles. The number of likely N-dealkylation sites (tertiary alicyclic amines) is 1. The smallest absolute Gasteiger partial charge is 0.148 e. The molecule has 1 saturated heterocycles. The molecule has 0 radical (unpaired) electrons. The number of aromatic nitrogens is 2. The lowest BCUT2D eigenvalue weighted by Gasteiger charge is -2.18. The van der Waals surface area contributed by atoms with Gasteiger partial charge in [-0.3, -0.25) is 9.88 Å². The summed E-state index contributed by atoms with van der Waals surface area (Å²) in [6, 6.07) is 6.44. The van der Waals surface area contributed by atoms with Crippen LogP contribution < -0.4 is 5.32 Å². The predicted molar refractivity (Wildman–Crippen MR) is 90.4 cm³/mol. The zero-order valence-electron chi connectivity index (χ0n) is 13.8. The first-order chi connectivity index (χ1) is 11.6. The van der Waals surface area contributed by atoms with Gasteiger partial charge in [-0.25, -0.2) is 13.8 Å². The summed E-state index contributed by atoms with van der Waals surface area (Å²) < 4.78 is 26.3. The Morgan fingerprint density at radius 2 is 2.00 bits per heavy atom. The molecule has 2 aromatic rings. The third-order valence-corrected chi connectivity index (χ3v) is 4.44. The van der Waals surface area contributed by atoms with Gasteiger partial charge in [0, 0.05) is 44.5 Å². The summed E-state index contributed by atoms with van der Waals surface area (Å²) in [6.45, 7) is 4.82. The van der Waals surface area contributed by atoms with Crippen LogP contribution in [0.1, 0.15) is 30.5 Å². The van der Waals surface area contributed by atoms with Gasteiger partial charge < -0.3 is 5.32 Å². The minimum absolute atomic E-state index is 0.00353. The van der Waals surface area contributed by atoms with Crippen molar-refractivity contribution in [3.63, 3.8) is 0 Å². The standard InChI is InChI=1S/C18H22F2N4/c1-13(14-2-4-15(19)5-3-14)17-18(22-8-7-21-17)23-9-11-24-10-6-16(20)12-24/h2-5,7-8,13,16H,6,9-12H2,1H3,(H,22,23). The Morgan fingerprint density at radius 1 is 1.25 bits per heavy atom. The van der Waals surface area contributed by atoms with Gasteiger partial charge in [-0.1, -0.05) is 19.1 Å². The minimum atomic E-state index is -0.699. The van der Waals surface area contributed by atoms with Gasteiger partial charge in [0.15, 0.2) is 0 Å². The van der Waals surface area contributed by atoms with Gasteiger partial charge in [0.2, 0.25) is 0 Å². The Balaban J connectivity index is 1.65. The second-order valence-electron chi connectivity index (χ2n) is 6.18. The number of hydrogen-bond acceptors (Lipinski definition) is 4. The maximum atomic E-state index is 13.2. The van der Waals surface area contributed by atoms with Gasteiger partial charge in [0.05, 0.1) is 5.69 Å². The number of anilines is 1. The van der Waals surface area contributed by atoms with E-state index in [2.05, 4.69) is 20.2 Å². The normalized spacial score (nSPS) is 19.4. The Bertz CT molecular complexity index is 662. The molecule has 3 rings (SSSR count). The molecule has 0 amide bonds. The highest BCUT2D eigenvalue weighted by atomic mass is 19.1. The van der Waals surface area contributed by atoms with Gasteiger partial charge in [-0.2, -0.15) is 0 Å². The molecule has 24 heavy (non-hydrogen) atoms. The van der Waals surface area contributed by atoms with E-state index in [0.717, 1.165) is 30.2 Å². The predicted octanol–water partition coefficient (Wildman–Crippen LogP) is 3.22. The molecule has 128 valence electrons. The second kappa shape index (κ2) is 7.66. The molecule has 1 aliphatic heterocycles. The molecule has 1 N–H and O–H groups in total. The van der Waals surface area contributed by atoms with E-state index < -0.39 is 6.17 Å². The van der Waals surface area contributed by atoms with Crippen LogP contribution in [0, 0.1) is 5.82 Å². The van der Waals surface area contributed by atoms with Crippen LogP contribution >= 0.6 is 0 Å². The van der Waals surface area contributed by atoms with Crippen LogP contribution in [0.5, 0.6) is 0 Å². The largest absolute Gasteiger partial charge is 0.367 e. The lowest BCUT2D eigenvalue weighted by molar-refractivity contribution is 0.295. The van der Waals surface area contributed by atoms with Crippen LogP contribution in [0.4, 0.5) is 14.6 Å². The second-order valence-corrected chi connectivity index (χ2v) is 6.18. The van der Waals surface area contributed by atoms with Crippen molar-refractivity contribution in [2.24, 2.45) is 0 Å². The molecule has 0 bridgehead atoms. The number of rotatable bonds is 6. The molecule has 0 aliphatic carbocycles. The van der Waals surface area contributed by atoms with Gasteiger partial charge in [0.25, 0.3) is 0 Å². The molecule has 4 nitrogen and oxygen atoms in total. The molecule has 1 aliphatic rings. The van der Waals surface area contributed by atoms with Gasteiger partial charge in [0.1, 0.15) is 17.8 Å². The monoisotopic (exact) mass is 332 g/mol. The van der Waals surface area contributed by atoms with E-state index in [1.807, 2.05) is 6.92 Å². The fourth-order valence-corrected chi connectivity index (χ4v) is 3.03. The van der Waals surface area contributed by atoms with Crippen molar-refractivity contribution < 1.29 is 8.78 Å². The molecule has 1 aromatic heterocycles. The molecule has 1 fully saturated rings. The first-order valence-corrected chi connectivity index (χ1v) is 8.30. The number of nitrogens with zero attached hydrogens (tertiary/aromatic N) is 3. The molecular formula is C18H22F2N4. The summed E-state index contributed by atoms with van der Waals surface area (Å²) >= 11 is 0. The third kappa shape index (κ3) is 4.06. The van der Waals surface area contributed by atoms with Crippen molar-refractivity contribution in [3.8, 4) is 0 Å². The average Bonchev–Trinajstić information content (AvgIpc) is 3.01. The first kappa shape index (κ1) is 16.8. The Morgan fingerprint density at radius 3 is 2.71 bits per heavy atom. The quantitative estimate of drug-likeness (QED) is 0.882. The highest BCUT2D eigenvalue weighted by Crippen LogP contribution is 2.26. The fraction of sp³-hybridized carbons (Fsp3) is 0.444. The van der Waals surface area contributed by atoms with Crippen molar-refractivity contribution in [3.05, 3.63) is 53.7 Å². The summed E-state index contributed by atoms with van der Waals surface area (Å²) in [5.74, 6) is 0.481. The summed E-state index contributed by atoms with van der Waals surface area (Å²) in [6.07, 6.45) is 3.24. The van der Waals surface area contributed by atoms with Crippen LogP contribution in [0.15, 0.2) is 36.7 Å². The number of nitrogens with one attached hydrogen (secondary N) is 1. The van der Waals surface area contributed by atoms with E-state index in [4.69, 9.17) is 0 Å². The highest BCUT2D eigenvalue weighted by Gasteiger charge is 2.21. The Labute approximate surface area is 140 Å². The summed E-state index contributed by atoms with van der Waals surface area (Å²) in [4.78, 5) is 10.9. The number of benzene rings is 1. The minimum Gasteiger partial charge on any atom is -0.367 e. The molecule has 2 unspecified atom stereocenters. The van der Waals surface area contributed by atoms with Gasteiger partial charge in [-0.15, -0.1) is 0 Å². The van der Waals surface area contributed by atoms with E-state index in [0.29, 0.717) is 19.5 Å². The van der Waals surface area contributed by atoms with Crippen LogP contribution in [0.2, 0.25) is 0 Å². The molecular weight excluding hydrogens is 310 g/mol. The fourth-order valence-electron chi connectivity index (χ4n) is 3.03. The summed E-state index contributed by atoms with van der Waals surface area (Å²) in [7, 11) is 0. The van der Waals surface area contributed by atoms with Crippen molar-refractivity contribution in [2.45, 2.75) is 25.4 Å². The van der Waals surface area contributed by atoms with E-state index in [-0.39, 0.29) is 11.7 Å². The molecule has 6 heteroatoms. The summed E-state index contributed by atoms with van der Waals surface area (Å²) in [5, 5.41) is 3.31. The van der Waals surface area contributed by atoms with E-state index in [1.165, 1.54) is 12.1 Å². The van der Waals surface area contributed by atoms with Crippen LogP contribution in [-0.4, -0.2) is 47.2 Å². The molecule has 2 heterocycles. The average molecular weight is 332 g/mol. The maximum Gasteiger partial charge on any atom is 0.148 e. The molecule has 1 aromatic carbocycles. The number of hydrogen-bond donors (Lipinski definition) is 1. The van der Waals surface area contributed by atoms with Crippen molar-refractivity contribution in [1.82, 2.24) is 14.9 Å². The van der Waals surface area contributed by atoms with Crippen molar-refractivity contribution >= 4 is 5.82 Å². The lowest BCUT2D eigenvalue weighted by atomic mass is 9.97. The number of halogens is 2. The van der Waals surface area contributed by atoms with E-state index in [9.17, 15) is 8.78 Å². The zero-order valence-corrected chi connectivity index (χ0v) is 13.8. The van der Waals surface area contributed by atoms with Crippen molar-refractivity contribution in [1.29, 1.82) is 0 Å². The molecule has 2 atom stereocenters. The van der Waals surface area contributed by atoms with Crippen molar-refractivity contribution in [2.75, 3.05) is 31.5 Å². The van der Waals surface area contributed by atoms with E-state index >= 15 is 0 Å². The topological polar surface area (TPSA) is 41.1 Å². The van der Waals surface area contributed by atoms with E-state index in [1.54, 1.807) is 24.5 Å². The van der Waals surface area contributed by atoms with Gasteiger partial charge >= 0.3 is 0 Å². The van der Waals surface area contributed by atoms with Crippen LogP contribution in [0.25, 0.3) is 0 Å². The third-order valence-electron chi connectivity index (χ3n) is 4.44. The van der Waals surface area contributed by atoms with Gasteiger partial charge in [-0.05, 0) is 24.1 Å². The maximum absolute atomic E-state index is 13.2. The number of alkyl halides is 1. The highest BCUT2D eigenvalue weighted by molar-refractivity contribution is 5.45. The Kier molecular flexibility index (Phi) is 5.35. The van der Waals surface area contributed by atoms with Crippen LogP contribution in [0.3, 0.4) is 0 Å². The summed E-state index contributed by atoms with van der Waals surface area (Å²) in [5.41, 5.74) is 1.81. The lowest BCUT2D eigenvalue weighted by Crippen LogP contribution is -2.27.